The van der Waals surface area contributed by atoms with Gasteiger partial charge in [-0.15, -0.1) is 4.36 Å². The van der Waals surface area contributed by atoms with Gasteiger partial charge in [0, 0.05) is 55.1 Å². The highest BCUT2D eigenvalue weighted by Gasteiger charge is 2.44. The molecule has 7 rings (SSSR count). The van der Waals surface area contributed by atoms with Crippen LogP contribution < -0.4 is 14.4 Å². The number of nitrogens with zero attached hydrogens (tertiary/aromatic N) is 3. The van der Waals surface area contributed by atoms with E-state index in [-0.39, 0.29) is 23.7 Å². The Hall–Kier alpha value is -3.67. The highest BCUT2D eigenvalue weighted by atomic mass is 35.5. The molecule has 1 saturated carbocycles. The molecule has 10 nitrogen and oxygen atoms in total. The van der Waals surface area contributed by atoms with Crippen LogP contribution in [0.25, 0.3) is 0 Å². The number of hydrogen-bond donors (Lipinski definition) is 1. The maximum atomic E-state index is 14.2. The van der Waals surface area contributed by atoms with Gasteiger partial charge in [0.05, 0.1) is 29.8 Å². The van der Waals surface area contributed by atoms with Crippen LogP contribution >= 0.6 is 11.6 Å². The molecule has 5 atom stereocenters. The topological polar surface area (TPSA) is 123 Å². The van der Waals surface area contributed by atoms with Crippen LogP contribution in [0, 0.1) is 11.8 Å². The van der Waals surface area contributed by atoms with Gasteiger partial charge in [-0.05, 0) is 98.2 Å². The Kier molecular flexibility index (Phi) is 9.86. The number of methoxy groups -OCH3 is 1. The Balaban J connectivity index is 1.25. The summed E-state index contributed by atoms with van der Waals surface area (Å²) in [6, 6.07) is 13.2. The fourth-order valence-corrected chi connectivity index (χ4v) is 9.77. The quantitative estimate of drug-likeness (QED) is 0.300. The first-order valence-electron chi connectivity index (χ1n) is 17.2. The summed E-state index contributed by atoms with van der Waals surface area (Å²) in [7, 11) is -1.66. The SMILES string of the molecule is CO[C@H]1/C=C/CCC[S@@](=O)(NC(=O)CCc2ccon2)=NC(=O)c2ccc3c(c2)N(C[C@@H]2CC[C@H]21)C[C@@]1(CCCc2cc(Cl)ccc21)CO3. The van der Waals surface area contributed by atoms with Gasteiger partial charge in [-0.2, -0.15) is 0 Å². The molecule has 12 heteroatoms. The number of benzene rings is 2. The molecule has 0 radical (unpaired) electrons. The standard InChI is InChI=1S/C37H43ClN4O6S/c1-46-33-7-3-2-4-19-49(45,40-35(43)15-11-29-16-18-48-39-29)41-36(44)26-9-14-34-32(21-26)42(22-27-8-12-30(27)33)23-37(24-47-34)17-5-6-25-20-28(38)10-13-31(25)37/h3,7,9-10,13-14,16,18,20-21,27,30,33H,2,4-6,8,11-12,15,17,19,22-24H2,1H3,(H,40,41,43,44,45)/b7-3+/t27-,30+,33-,37-,49+/m0/s1. The number of fused-ring (bicyclic) bond motifs is 4. The second-order valence-electron chi connectivity index (χ2n) is 13.8. The van der Waals surface area contributed by atoms with Crippen molar-refractivity contribution in [2.24, 2.45) is 16.2 Å². The smallest absolute Gasteiger partial charge is 0.286 e. The normalized spacial score (nSPS) is 29.0. The Bertz CT molecular complexity index is 1850. The van der Waals surface area contributed by atoms with Gasteiger partial charge in [0.25, 0.3) is 5.91 Å². The summed E-state index contributed by atoms with van der Waals surface area (Å²) in [6.07, 6.45) is 12.2. The molecule has 1 aromatic heterocycles. The van der Waals surface area contributed by atoms with Crippen molar-refractivity contribution in [1.82, 2.24) is 9.88 Å². The highest BCUT2D eigenvalue weighted by Crippen LogP contribution is 2.47. The molecule has 2 aromatic carbocycles. The molecule has 0 unspecified atom stereocenters. The molecule has 0 saturated heterocycles. The number of hydrogen-bond acceptors (Lipinski definition) is 8. The lowest BCUT2D eigenvalue weighted by molar-refractivity contribution is -0.119. The van der Waals surface area contributed by atoms with Crippen molar-refractivity contribution in [2.75, 3.05) is 37.5 Å². The molecular weight excluding hydrogens is 664 g/mol. The second-order valence-corrected chi connectivity index (χ2v) is 16.3. The van der Waals surface area contributed by atoms with E-state index >= 15 is 0 Å². The van der Waals surface area contributed by atoms with Gasteiger partial charge in [-0.25, -0.2) is 4.21 Å². The third-order valence-electron chi connectivity index (χ3n) is 10.6. The van der Waals surface area contributed by atoms with Crippen LogP contribution in [-0.4, -0.2) is 59.8 Å². The Morgan fingerprint density at radius 2 is 2.08 bits per heavy atom. The lowest BCUT2D eigenvalue weighted by Gasteiger charge is -2.46. The van der Waals surface area contributed by atoms with E-state index < -0.39 is 21.7 Å². The number of allylic oxidation sites excluding steroid dienone is 1. The van der Waals surface area contributed by atoms with E-state index in [1.165, 1.54) is 17.4 Å². The summed E-state index contributed by atoms with van der Waals surface area (Å²) in [5.74, 6) is 0.388. The third kappa shape index (κ3) is 7.30. The highest BCUT2D eigenvalue weighted by molar-refractivity contribution is 7.92. The number of carbonyl (C=O) groups excluding carboxylic acids is 2. The summed E-state index contributed by atoms with van der Waals surface area (Å²) in [4.78, 5) is 29.1. The van der Waals surface area contributed by atoms with Crippen molar-refractivity contribution in [1.29, 1.82) is 0 Å². The van der Waals surface area contributed by atoms with Gasteiger partial charge >= 0.3 is 0 Å². The molecule has 1 spiro atoms. The van der Waals surface area contributed by atoms with Crippen LogP contribution in [0.2, 0.25) is 5.02 Å². The molecule has 260 valence electrons. The summed E-state index contributed by atoms with van der Waals surface area (Å²) < 4.78 is 38.5. The van der Waals surface area contributed by atoms with Crippen molar-refractivity contribution >= 4 is 39.0 Å². The monoisotopic (exact) mass is 706 g/mol. The first kappa shape index (κ1) is 33.8. The van der Waals surface area contributed by atoms with Gasteiger partial charge in [0.15, 0.2) is 0 Å². The van der Waals surface area contributed by atoms with Gasteiger partial charge in [-0.1, -0.05) is 35.0 Å². The maximum Gasteiger partial charge on any atom is 0.286 e. The number of aryl methyl sites for hydroxylation is 2. The van der Waals surface area contributed by atoms with E-state index in [1.54, 1.807) is 19.2 Å². The van der Waals surface area contributed by atoms with E-state index in [1.807, 2.05) is 18.2 Å². The Morgan fingerprint density at radius 1 is 1.18 bits per heavy atom. The predicted octanol–water partition coefficient (Wildman–Crippen LogP) is 6.46. The zero-order chi connectivity index (χ0) is 34.0. The maximum absolute atomic E-state index is 14.2. The molecule has 3 aromatic rings. The predicted molar refractivity (Wildman–Crippen MR) is 188 cm³/mol. The van der Waals surface area contributed by atoms with E-state index in [4.69, 9.17) is 25.6 Å². The lowest BCUT2D eigenvalue weighted by atomic mass is 9.68. The molecule has 2 aliphatic carbocycles. The molecule has 2 aliphatic heterocycles. The summed E-state index contributed by atoms with van der Waals surface area (Å²) in [6.45, 7) is 2.01. The minimum Gasteiger partial charge on any atom is -0.490 e. The number of carbonyl (C=O) groups is 2. The van der Waals surface area contributed by atoms with Crippen molar-refractivity contribution in [2.45, 2.75) is 69.3 Å². The van der Waals surface area contributed by atoms with Crippen LogP contribution in [0.1, 0.15) is 72.1 Å². The zero-order valence-corrected chi connectivity index (χ0v) is 29.3. The number of rotatable bonds is 5. The first-order chi connectivity index (χ1) is 23.7. The van der Waals surface area contributed by atoms with Crippen molar-refractivity contribution < 1.29 is 27.8 Å². The fraction of sp³-hybridized carbons (Fsp3) is 0.486. The summed E-state index contributed by atoms with van der Waals surface area (Å²) in [5, 5.41) is 4.58. The van der Waals surface area contributed by atoms with Crippen LogP contribution in [0.5, 0.6) is 5.75 Å². The molecule has 1 fully saturated rings. The van der Waals surface area contributed by atoms with Crippen molar-refractivity contribution in [3.63, 3.8) is 0 Å². The van der Waals surface area contributed by atoms with Gasteiger partial charge in [-0.3, -0.25) is 14.3 Å². The van der Waals surface area contributed by atoms with E-state index in [0.717, 1.165) is 55.9 Å². The van der Waals surface area contributed by atoms with Crippen molar-refractivity contribution in [3.8, 4) is 5.75 Å². The van der Waals surface area contributed by atoms with Crippen LogP contribution in [0.3, 0.4) is 0 Å². The number of halogens is 1. The molecule has 49 heavy (non-hydrogen) atoms. The molecule has 2 bridgehead atoms. The Labute approximate surface area is 292 Å². The molecular formula is C37H43ClN4O6S. The minimum absolute atomic E-state index is 0.0352. The number of ether oxygens (including phenoxy) is 2. The van der Waals surface area contributed by atoms with Gasteiger partial charge in [0.2, 0.25) is 5.91 Å². The van der Waals surface area contributed by atoms with Crippen molar-refractivity contribution in [3.05, 3.63) is 88.3 Å². The molecule has 4 aliphatic rings. The number of nitrogens with one attached hydrogen (secondary N) is 1. The van der Waals surface area contributed by atoms with E-state index in [2.05, 4.69) is 43.4 Å². The van der Waals surface area contributed by atoms with Gasteiger partial charge in [0.1, 0.15) is 21.9 Å². The average molecular weight is 707 g/mol. The number of amides is 2. The second kappa shape index (κ2) is 14.3. The van der Waals surface area contributed by atoms with Crippen LogP contribution in [-0.2, 0) is 37.7 Å². The zero-order valence-electron chi connectivity index (χ0n) is 27.8. The summed E-state index contributed by atoms with van der Waals surface area (Å²) >= 11 is 6.44. The van der Waals surface area contributed by atoms with Crippen LogP contribution in [0.4, 0.5) is 5.69 Å². The Morgan fingerprint density at radius 3 is 2.88 bits per heavy atom. The van der Waals surface area contributed by atoms with E-state index in [0.29, 0.717) is 54.7 Å². The third-order valence-corrected chi connectivity index (χ3v) is 12.7. The van der Waals surface area contributed by atoms with Crippen LogP contribution in [0.15, 0.2) is 69.8 Å². The number of aromatic nitrogens is 1. The molecule has 2 amide bonds. The molecule has 3 heterocycles. The van der Waals surface area contributed by atoms with E-state index in [9.17, 15) is 13.8 Å². The number of anilines is 1. The fourth-order valence-electron chi connectivity index (χ4n) is 7.95. The molecule has 1 N–H and O–H groups in total. The lowest BCUT2D eigenvalue weighted by Crippen LogP contribution is -2.49. The summed E-state index contributed by atoms with van der Waals surface area (Å²) in [5.41, 5.74) is 4.02. The largest absolute Gasteiger partial charge is 0.490 e. The van der Waals surface area contributed by atoms with Gasteiger partial charge < -0.3 is 18.9 Å². The minimum atomic E-state index is -3.42. The first-order valence-corrected chi connectivity index (χ1v) is 19.3. The average Bonchev–Trinajstić information content (AvgIpc) is 3.55.